The maximum atomic E-state index is 12.9. The predicted molar refractivity (Wildman–Crippen MR) is 63.5 cm³/mol. The summed E-state index contributed by atoms with van der Waals surface area (Å²) in [6.45, 7) is 1.70. The van der Waals surface area contributed by atoms with Crippen molar-refractivity contribution in [3.63, 3.8) is 0 Å². The summed E-state index contributed by atoms with van der Waals surface area (Å²) in [5.41, 5.74) is 1.90. The lowest BCUT2D eigenvalue weighted by Gasteiger charge is -2.08. The molecule has 0 aliphatic carbocycles. The molecule has 0 spiro atoms. The van der Waals surface area contributed by atoms with Crippen molar-refractivity contribution in [2.45, 2.75) is 6.92 Å². The minimum atomic E-state index is -0.507. The van der Waals surface area contributed by atoms with Gasteiger partial charge in [-0.1, -0.05) is 0 Å². The molecule has 0 amide bonds. The Balaban J connectivity index is 2.60. The zero-order chi connectivity index (χ0) is 13.1. The molecule has 4 nitrogen and oxygen atoms in total. The number of halogens is 1. The van der Waals surface area contributed by atoms with Crippen LogP contribution in [0.1, 0.15) is 16.1 Å². The minimum absolute atomic E-state index is 0.298. The summed E-state index contributed by atoms with van der Waals surface area (Å²) in [5, 5.41) is 0. The van der Waals surface area contributed by atoms with Gasteiger partial charge in [0, 0.05) is 5.56 Å². The molecule has 1 aromatic carbocycles. The topological polar surface area (TPSA) is 52.1 Å². The minimum Gasteiger partial charge on any atom is -0.465 e. The highest BCUT2D eigenvalue weighted by molar-refractivity contribution is 5.97. The molecule has 2 aromatic rings. The van der Waals surface area contributed by atoms with Crippen molar-refractivity contribution in [2.75, 3.05) is 7.11 Å². The van der Waals surface area contributed by atoms with Gasteiger partial charge < -0.3 is 4.74 Å². The van der Waals surface area contributed by atoms with Crippen LogP contribution in [0.5, 0.6) is 0 Å². The average molecular weight is 246 g/mol. The van der Waals surface area contributed by atoms with Gasteiger partial charge in [-0.25, -0.2) is 19.2 Å². The number of carbonyl (C=O) groups is 1. The molecule has 1 aromatic heterocycles. The first kappa shape index (κ1) is 12.2. The van der Waals surface area contributed by atoms with Crippen molar-refractivity contribution in [1.29, 1.82) is 0 Å². The fraction of sp³-hybridized carbons (Fsp3) is 0.154. The zero-order valence-electron chi connectivity index (χ0n) is 9.98. The number of ether oxygens (including phenoxy) is 1. The zero-order valence-corrected chi connectivity index (χ0v) is 9.98. The van der Waals surface area contributed by atoms with Crippen molar-refractivity contribution in [1.82, 2.24) is 9.97 Å². The molecule has 0 fully saturated rings. The summed E-state index contributed by atoms with van der Waals surface area (Å²) < 4.78 is 17.6. The number of benzene rings is 1. The second-order valence-electron chi connectivity index (χ2n) is 3.68. The van der Waals surface area contributed by atoms with Crippen LogP contribution in [0.3, 0.4) is 0 Å². The first-order valence-corrected chi connectivity index (χ1v) is 5.29. The lowest BCUT2D eigenvalue weighted by atomic mass is 10.0. The van der Waals surface area contributed by atoms with Crippen LogP contribution >= 0.6 is 0 Å². The lowest BCUT2D eigenvalue weighted by molar-refractivity contribution is 0.0600. The van der Waals surface area contributed by atoms with Crippen LogP contribution in [-0.4, -0.2) is 23.0 Å². The molecule has 92 valence electrons. The van der Waals surface area contributed by atoms with E-state index in [1.165, 1.54) is 25.6 Å². The van der Waals surface area contributed by atoms with Crippen molar-refractivity contribution in [3.8, 4) is 11.3 Å². The molecule has 0 bridgehead atoms. The Morgan fingerprint density at radius 1 is 1.22 bits per heavy atom. The quantitative estimate of drug-likeness (QED) is 0.763. The van der Waals surface area contributed by atoms with Crippen molar-refractivity contribution < 1.29 is 13.9 Å². The molecular weight excluding hydrogens is 235 g/mol. The summed E-state index contributed by atoms with van der Waals surface area (Å²) in [4.78, 5) is 19.8. The molecule has 0 aliphatic heterocycles. The van der Waals surface area contributed by atoms with Crippen molar-refractivity contribution >= 4 is 5.97 Å². The van der Waals surface area contributed by atoms with E-state index < -0.39 is 5.97 Å². The second kappa shape index (κ2) is 4.91. The molecule has 0 atom stereocenters. The van der Waals surface area contributed by atoms with Gasteiger partial charge in [-0.2, -0.15) is 0 Å². The van der Waals surface area contributed by atoms with E-state index in [2.05, 4.69) is 9.97 Å². The molecule has 5 heteroatoms. The first-order chi connectivity index (χ1) is 8.63. The standard InChI is InChI=1S/C13H11FN2O2/c1-8-11(13(17)18-2)12(16-7-15-8)9-3-5-10(14)6-4-9/h3-7H,1-2H3. The molecule has 0 aliphatic rings. The molecule has 0 N–H and O–H groups in total. The molecule has 2 rings (SSSR count). The van der Waals surface area contributed by atoms with Crippen LogP contribution in [0.4, 0.5) is 4.39 Å². The highest BCUT2D eigenvalue weighted by Crippen LogP contribution is 2.23. The Morgan fingerprint density at radius 2 is 1.89 bits per heavy atom. The van der Waals surface area contributed by atoms with Gasteiger partial charge in [-0.3, -0.25) is 0 Å². The van der Waals surface area contributed by atoms with Gasteiger partial charge in [-0.15, -0.1) is 0 Å². The summed E-state index contributed by atoms with van der Waals surface area (Å²) >= 11 is 0. The maximum Gasteiger partial charge on any atom is 0.341 e. The normalized spacial score (nSPS) is 10.2. The third kappa shape index (κ3) is 2.20. The van der Waals surface area contributed by atoms with Crippen molar-refractivity contribution in [2.24, 2.45) is 0 Å². The Hall–Kier alpha value is -2.30. The van der Waals surface area contributed by atoms with E-state index in [9.17, 15) is 9.18 Å². The summed E-state index contributed by atoms with van der Waals surface area (Å²) in [5.74, 6) is -0.850. The van der Waals surface area contributed by atoms with E-state index >= 15 is 0 Å². The second-order valence-corrected chi connectivity index (χ2v) is 3.68. The number of hydrogen-bond donors (Lipinski definition) is 0. The van der Waals surface area contributed by atoms with E-state index in [0.717, 1.165) is 0 Å². The van der Waals surface area contributed by atoms with E-state index in [4.69, 9.17) is 4.74 Å². The highest BCUT2D eigenvalue weighted by Gasteiger charge is 2.18. The Labute approximate surface area is 103 Å². The maximum absolute atomic E-state index is 12.9. The van der Waals surface area contributed by atoms with Gasteiger partial charge >= 0.3 is 5.97 Å². The fourth-order valence-electron chi connectivity index (χ4n) is 1.65. The van der Waals surface area contributed by atoms with E-state index in [1.54, 1.807) is 19.1 Å². The molecular formula is C13H11FN2O2. The van der Waals surface area contributed by atoms with Crippen LogP contribution < -0.4 is 0 Å². The molecule has 0 unspecified atom stereocenters. The predicted octanol–water partition coefficient (Wildman–Crippen LogP) is 2.38. The van der Waals surface area contributed by atoms with E-state index in [1.807, 2.05) is 0 Å². The molecule has 18 heavy (non-hydrogen) atoms. The van der Waals surface area contributed by atoms with Gasteiger partial charge in [-0.05, 0) is 31.2 Å². The Bertz CT molecular complexity index is 582. The van der Waals surface area contributed by atoms with Crippen LogP contribution in [0.2, 0.25) is 0 Å². The third-order valence-electron chi connectivity index (χ3n) is 2.54. The largest absolute Gasteiger partial charge is 0.465 e. The van der Waals surface area contributed by atoms with Crippen LogP contribution in [0, 0.1) is 12.7 Å². The first-order valence-electron chi connectivity index (χ1n) is 5.29. The number of rotatable bonds is 2. The lowest BCUT2D eigenvalue weighted by Crippen LogP contribution is -2.09. The monoisotopic (exact) mass is 246 g/mol. The Kier molecular flexibility index (Phi) is 3.32. The van der Waals surface area contributed by atoms with Crippen LogP contribution in [0.25, 0.3) is 11.3 Å². The number of hydrogen-bond acceptors (Lipinski definition) is 4. The molecule has 0 saturated heterocycles. The number of esters is 1. The van der Waals surface area contributed by atoms with E-state index in [0.29, 0.717) is 22.5 Å². The Morgan fingerprint density at radius 3 is 2.50 bits per heavy atom. The summed E-state index contributed by atoms with van der Waals surface area (Å²) in [7, 11) is 1.29. The molecule has 0 radical (unpaired) electrons. The number of nitrogens with zero attached hydrogens (tertiary/aromatic N) is 2. The van der Waals surface area contributed by atoms with Gasteiger partial charge in [0.05, 0.1) is 18.5 Å². The van der Waals surface area contributed by atoms with Crippen molar-refractivity contribution in [3.05, 3.63) is 47.7 Å². The van der Waals surface area contributed by atoms with Crippen LogP contribution in [0.15, 0.2) is 30.6 Å². The van der Waals surface area contributed by atoms with Gasteiger partial charge in [0.2, 0.25) is 0 Å². The number of carbonyl (C=O) groups excluding carboxylic acids is 1. The smallest absolute Gasteiger partial charge is 0.341 e. The third-order valence-corrected chi connectivity index (χ3v) is 2.54. The number of aromatic nitrogens is 2. The molecule has 1 heterocycles. The number of aryl methyl sites for hydroxylation is 1. The van der Waals surface area contributed by atoms with Crippen LogP contribution in [-0.2, 0) is 4.74 Å². The van der Waals surface area contributed by atoms with Gasteiger partial charge in [0.1, 0.15) is 17.7 Å². The number of methoxy groups -OCH3 is 1. The SMILES string of the molecule is COC(=O)c1c(C)ncnc1-c1ccc(F)cc1. The average Bonchev–Trinajstić information content (AvgIpc) is 2.38. The van der Waals surface area contributed by atoms with E-state index in [-0.39, 0.29) is 5.82 Å². The highest BCUT2D eigenvalue weighted by atomic mass is 19.1. The summed E-state index contributed by atoms with van der Waals surface area (Å²) in [6.07, 6.45) is 1.36. The molecule has 0 saturated carbocycles. The van der Waals surface area contributed by atoms with Gasteiger partial charge in [0.25, 0.3) is 0 Å². The van der Waals surface area contributed by atoms with Gasteiger partial charge in [0.15, 0.2) is 0 Å². The summed E-state index contributed by atoms with van der Waals surface area (Å²) in [6, 6.07) is 5.74. The fourth-order valence-corrected chi connectivity index (χ4v) is 1.65.